The van der Waals surface area contributed by atoms with Crippen molar-refractivity contribution in [1.29, 1.82) is 0 Å². The quantitative estimate of drug-likeness (QED) is 0.772. The van der Waals surface area contributed by atoms with Gasteiger partial charge in [0.2, 0.25) is 5.91 Å². The third-order valence-corrected chi connectivity index (χ3v) is 3.91. The molecule has 106 valence electrons. The van der Waals surface area contributed by atoms with Gasteiger partial charge >= 0.3 is 0 Å². The van der Waals surface area contributed by atoms with Crippen molar-refractivity contribution < 1.29 is 14.3 Å². The van der Waals surface area contributed by atoms with Crippen LogP contribution in [0.3, 0.4) is 0 Å². The zero-order valence-corrected chi connectivity index (χ0v) is 11.7. The molecule has 3 rings (SSSR count). The summed E-state index contributed by atoms with van der Waals surface area (Å²) < 4.78 is 5.28. The van der Waals surface area contributed by atoms with Gasteiger partial charge < -0.3 is 4.74 Å². The maximum atomic E-state index is 12.5. The van der Waals surface area contributed by atoms with Crippen molar-refractivity contribution in [2.75, 3.05) is 31.2 Å². The molecule has 2 saturated heterocycles. The molecule has 0 aromatic heterocycles. The molecular weight excluding hydrogens is 280 g/mol. The van der Waals surface area contributed by atoms with Gasteiger partial charge in [-0.05, 0) is 18.2 Å². The summed E-state index contributed by atoms with van der Waals surface area (Å²) in [4.78, 5) is 27.9. The van der Waals surface area contributed by atoms with Gasteiger partial charge in [0.1, 0.15) is 0 Å². The van der Waals surface area contributed by atoms with E-state index in [-0.39, 0.29) is 24.3 Å². The average Bonchev–Trinajstić information content (AvgIpc) is 2.75. The first kappa shape index (κ1) is 13.5. The number of carbonyl (C=O) groups excluding carboxylic acids is 2. The number of carbonyl (C=O) groups is 2. The third kappa shape index (κ3) is 2.44. The summed E-state index contributed by atoms with van der Waals surface area (Å²) in [6.07, 6.45) is 0.228. The zero-order valence-electron chi connectivity index (χ0n) is 10.9. The molecule has 0 radical (unpaired) electrons. The zero-order chi connectivity index (χ0) is 14.1. The van der Waals surface area contributed by atoms with Gasteiger partial charge in [-0.1, -0.05) is 17.7 Å². The molecule has 1 aromatic carbocycles. The fraction of sp³-hybridized carbons (Fsp3) is 0.429. The van der Waals surface area contributed by atoms with Crippen LogP contribution in [-0.2, 0) is 14.3 Å². The van der Waals surface area contributed by atoms with E-state index in [1.807, 2.05) is 4.90 Å². The summed E-state index contributed by atoms with van der Waals surface area (Å²) in [5.41, 5.74) is 0.545. The van der Waals surface area contributed by atoms with E-state index in [9.17, 15) is 9.59 Å². The third-order valence-electron chi connectivity index (χ3n) is 3.68. The highest BCUT2D eigenvalue weighted by Gasteiger charge is 2.42. The predicted octanol–water partition coefficient (Wildman–Crippen LogP) is 1.30. The fourth-order valence-electron chi connectivity index (χ4n) is 2.68. The smallest absolute Gasteiger partial charge is 0.251 e. The Morgan fingerprint density at radius 2 is 1.95 bits per heavy atom. The Balaban J connectivity index is 1.83. The molecule has 6 heteroatoms. The van der Waals surface area contributed by atoms with E-state index < -0.39 is 0 Å². The number of imide groups is 1. The lowest BCUT2D eigenvalue weighted by Crippen LogP contribution is -2.47. The Hall–Kier alpha value is -1.43. The van der Waals surface area contributed by atoms with Gasteiger partial charge in [-0.15, -0.1) is 0 Å². The molecule has 2 fully saturated rings. The number of hydrogen-bond donors (Lipinski definition) is 0. The van der Waals surface area contributed by atoms with E-state index in [2.05, 4.69) is 0 Å². The summed E-state index contributed by atoms with van der Waals surface area (Å²) >= 11 is 5.93. The maximum Gasteiger partial charge on any atom is 0.251 e. The molecule has 2 aliphatic rings. The first-order chi connectivity index (χ1) is 9.66. The van der Waals surface area contributed by atoms with Crippen LogP contribution >= 0.6 is 11.6 Å². The van der Waals surface area contributed by atoms with Crippen molar-refractivity contribution in [3.05, 3.63) is 29.3 Å². The van der Waals surface area contributed by atoms with Gasteiger partial charge in [0.15, 0.2) is 0 Å². The number of ether oxygens (including phenoxy) is 1. The number of nitrogens with zero attached hydrogens (tertiary/aromatic N) is 2. The monoisotopic (exact) mass is 294 g/mol. The van der Waals surface area contributed by atoms with Crippen LogP contribution < -0.4 is 4.90 Å². The summed E-state index contributed by atoms with van der Waals surface area (Å²) in [5, 5.41) is 0.512. The Bertz CT molecular complexity index is 543. The van der Waals surface area contributed by atoms with Crippen LogP contribution in [0.25, 0.3) is 0 Å². The molecule has 1 aromatic rings. The molecule has 0 saturated carbocycles. The van der Waals surface area contributed by atoms with E-state index in [0.717, 1.165) is 0 Å². The molecular formula is C14H15ClN2O3. The second-order valence-electron chi connectivity index (χ2n) is 4.92. The van der Waals surface area contributed by atoms with Crippen molar-refractivity contribution >= 4 is 29.1 Å². The van der Waals surface area contributed by atoms with Crippen LogP contribution in [0.5, 0.6) is 0 Å². The normalized spacial score (nSPS) is 24.4. The minimum atomic E-state index is -0.370. The van der Waals surface area contributed by atoms with Crippen LogP contribution in [0, 0.1) is 0 Å². The number of amides is 2. The minimum absolute atomic E-state index is 0.167. The Morgan fingerprint density at radius 1 is 1.20 bits per heavy atom. The number of rotatable bonds is 2. The van der Waals surface area contributed by atoms with Crippen molar-refractivity contribution in [3.8, 4) is 0 Å². The van der Waals surface area contributed by atoms with Gasteiger partial charge in [0.25, 0.3) is 5.91 Å². The van der Waals surface area contributed by atoms with Crippen LogP contribution in [0.15, 0.2) is 24.3 Å². The lowest BCUT2D eigenvalue weighted by Gasteiger charge is -2.30. The topological polar surface area (TPSA) is 49.9 Å². The molecule has 0 unspecified atom stereocenters. The molecule has 0 N–H and O–H groups in total. The Labute approximate surface area is 122 Å². The molecule has 0 spiro atoms. The van der Waals surface area contributed by atoms with E-state index in [1.165, 1.54) is 4.90 Å². The van der Waals surface area contributed by atoms with Gasteiger partial charge in [0.05, 0.1) is 31.4 Å². The highest BCUT2D eigenvalue weighted by Crippen LogP contribution is 2.27. The van der Waals surface area contributed by atoms with E-state index in [4.69, 9.17) is 16.3 Å². The molecule has 2 amide bonds. The molecule has 5 nitrogen and oxygen atoms in total. The minimum Gasteiger partial charge on any atom is -0.379 e. The number of morpholine rings is 1. The molecule has 0 bridgehead atoms. The number of anilines is 1. The fourth-order valence-corrected chi connectivity index (χ4v) is 2.86. The van der Waals surface area contributed by atoms with Crippen LogP contribution in [0.4, 0.5) is 5.69 Å². The number of benzene rings is 1. The maximum absolute atomic E-state index is 12.5. The Morgan fingerprint density at radius 3 is 2.65 bits per heavy atom. The summed E-state index contributed by atoms with van der Waals surface area (Å²) in [6, 6.07) is 6.45. The predicted molar refractivity (Wildman–Crippen MR) is 74.7 cm³/mol. The molecule has 2 heterocycles. The van der Waals surface area contributed by atoms with E-state index in [0.29, 0.717) is 37.0 Å². The van der Waals surface area contributed by atoms with E-state index in [1.54, 1.807) is 24.3 Å². The first-order valence-electron chi connectivity index (χ1n) is 6.61. The number of hydrogen-bond acceptors (Lipinski definition) is 4. The lowest BCUT2D eigenvalue weighted by molar-refractivity contribution is -0.123. The summed E-state index contributed by atoms with van der Waals surface area (Å²) in [5.74, 6) is -0.340. The second kappa shape index (κ2) is 5.52. The second-order valence-corrected chi connectivity index (χ2v) is 5.35. The average molecular weight is 295 g/mol. The number of halogens is 1. The highest BCUT2D eigenvalue weighted by molar-refractivity contribution is 6.31. The molecule has 20 heavy (non-hydrogen) atoms. The van der Waals surface area contributed by atoms with Crippen LogP contribution in [-0.4, -0.2) is 49.1 Å². The Kier molecular flexibility index (Phi) is 3.74. The van der Waals surface area contributed by atoms with E-state index >= 15 is 0 Å². The van der Waals surface area contributed by atoms with Gasteiger partial charge in [-0.2, -0.15) is 0 Å². The van der Waals surface area contributed by atoms with Gasteiger partial charge in [-0.3, -0.25) is 14.5 Å². The standard InChI is InChI=1S/C14H15ClN2O3/c15-10-2-1-3-11(8-10)17-13(18)9-12(14(17)19)16-4-6-20-7-5-16/h1-3,8,12H,4-7,9H2/t12-/m1/s1. The van der Waals surface area contributed by atoms with Crippen LogP contribution in [0.1, 0.15) is 6.42 Å². The van der Waals surface area contributed by atoms with Crippen LogP contribution in [0.2, 0.25) is 5.02 Å². The van der Waals surface area contributed by atoms with Gasteiger partial charge in [0, 0.05) is 18.1 Å². The van der Waals surface area contributed by atoms with Gasteiger partial charge in [-0.25, -0.2) is 4.90 Å². The molecule has 0 aliphatic carbocycles. The first-order valence-corrected chi connectivity index (χ1v) is 6.99. The van der Waals surface area contributed by atoms with Crippen molar-refractivity contribution in [1.82, 2.24) is 4.90 Å². The molecule has 1 atom stereocenters. The summed E-state index contributed by atoms with van der Waals surface area (Å²) in [6.45, 7) is 2.59. The largest absolute Gasteiger partial charge is 0.379 e. The molecule has 2 aliphatic heterocycles. The highest BCUT2D eigenvalue weighted by atomic mass is 35.5. The van der Waals surface area contributed by atoms with Crippen molar-refractivity contribution in [3.63, 3.8) is 0 Å². The lowest BCUT2D eigenvalue weighted by atomic mass is 10.2. The summed E-state index contributed by atoms with van der Waals surface area (Å²) in [7, 11) is 0. The van der Waals surface area contributed by atoms with Crippen molar-refractivity contribution in [2.45, 2.75) is 12.5 Å². The van der Waals surface area contributed by atoms with Crippen molar-refractivity contribution in [2.24, 2.45) is 0 Å². The SMILES string of the molecule is O=C1C[C@@H](N2CCOCC2)C(=O)N1c1cccc(Cl)c1.